The van der Waals surface area contributed by atoms with Gasteiger partial charge in [0.05, 0.1) is 23.1 Å². The fourth-order valence-corrected chi connectivity index (χ4v) is 5.41. The van der Waals surface area contributed by atoms with Gasteiger partial charge >= 0.3 is 6.18 Å². The highest BCUT2D eigenvalue weighted by Gasteiger charge is 2.39. The Balaban J connectivity index is 1.52. The largest absolute Gasteiger partial charge is 0.489 e. The van der Waals surface area contributed by atoms with Gasteiger partial charge < -0.3 is 14.6 Å². The summed E-state index contributed by atoms with van der Waals surface area (Å²) in [6.45, 7) is 1.61. The van der Waals surface area contributed by atoms with Crippen molar-refractivity contribution in [2.24, 2.45) is 7.05 Å². The molecule has 1 aliphatic rings. The summed E-state index contributed by atoms with van der Waals surface area (Å²) in [6.07, 6.45) is -2.50. The number of imidazole rings is 1. The van der Waals surface area contributed by atoms with Crippen LogP contribution in [-0.4, -0.2) is 43.5 Å². The van der Waals surface area contributed by atoms with Crippen molar-refractivity contribution in [3.8, 4) is 16.9 Å². The molecule has 0 fully saturated rings. The Morgan fingerprint density at radius 2 is 1.89 bits per heavy atom. The lowest BCUT2D eigenvalue weighted by molar-refractivity contribution is -0.137. The van der Waals surface area contributed by atoms with Crippen molar-refractivity contribution in [2.45, 2.75) is 19.6 Å². The Hall–Kier alpha value is -4.78. The number of fused-ring (bicyclic) bond motifs is 4. The highest BCUT2D eigenvalue weighted by atomic mass is 35.5. The molecule has 0 unspecified atom stereocenters. The summed E-state index contributed by atoms with van der Waals surface area (Å²) in [5, 5.41) is 6.59. The number of alkyl halides is 4. The zero-order valence-electron chi connectivity index (χ0n) is 23.0. The standard InChI is InChI=1S/C30H21ClF5N5O3/c1-14-37-26-21(40(14)2)13-18(30(34,35)36)23-16-5-3-6-17-24(39-41(27(16)17)9-10-44-29(23)26)28(43)15-11-19(32)25(20(33)12-15)38-22(42)7-4-8-31/h3-7,11-13H,8-10H2,1-2H3,(H,38,42)/b7-4+. The van der Waals surface area contributed by atoms with E-state index in [9.17, 15) is 31.5 Å². The van der Waals surface area contributed by atoms with E-state index in [0.29, 0.717) is 5.82 Å². The first-order chi connectivity index (χ1) is 20.9. The number of hydrogen-bond donors (Lipinski definition) is 1. The van der Waals surface area contributed by atoms with E-state index in [4.69, 9.17) is 16.3 Å². The lowest BCUT2D eigenvalue weighted by Gasteiger charge is -2.22. The summed E-state index contributed by atoms with van der Waals surface area (Å²) in [6, 6.07) is 6.95. The van der Waals surface area contributed by atoms with Crippen LogP contribution in [0.15, 0.2) is 48.6 Å². The average molecular weight is 630 g/mol. The van der Waals surface area contributed by atoms with E-state index >= 15 is 0 Å². The van der Waals surface area contributed by atoms with E-state index in [0.717, 1.165) is 24.3 Å². The molecule has 0 aliphatic carbocycles. The van der Waals surface area contributed by atoms with Gasteiger partial charge in [0.15, 0.2) is 5.75 Å². The van der Waals surface area contributed by atoms with Crippen molar-refractivity contribution in [1.29, 1.82) is 0 Å². The van der Waals surface area contributed by atoms with Crippen LogP contribution < -0.4 is 10.1 Å². The summed E-state index contributed by atoms with van der Waals surface area (Å²) in [4.78, 5) is 30.0. The third-order valence-corrected chi connectivity index (χ3v) is 7.55. The molecule has 1 N–H and O–H groups in total. The highest BCUT2D eigenvalue weighted by molar-refractivity contribution is 6.19. The first kappa shape index (κ1) is 29.3. The molecule has 1 amide bonds. The van der Waals surface area contributed by atoms with E-state index in [1.165, 1.54) is 29.0 Å². The van der Waals surface area contributed by atoms with Crippen LogP contribution in [0.4, 0.5) is 27.6 Å². The van der Waals surface area contributed by atoms with Crippen molar-refractivity contribution in [1.82, 2.24) is 19.3 Å². The van der Waals surface area contributed by atoms with Gasteiger partial charge in [0.1, 0.15) is 41.0 Å². The van der Waals surface area contributed by atoms with Gasteiger partial charge in [-0.15, -0.1) is 11.6 Å². The van der Waals surface area contributed by atoms with Crippen LogP contribution in [0, 0.1) is 18.6 Å². The molecular formula is C30H21ClF5N5O3. The highest BCUT2D eigenvalue weighted by Crippen LogP contribution is 2.48. The topological polar surface area (TPSA) is 91.0 Å². The summed E-state index contributed by atoms with van der Waals surface area (Å²) in [5.41, 5.74) is -1.81. The van der Waals surface area contributed by atoms with E-state index < -0.39 is 46.3 Å². The molecule has 3 heterocycles. The van der Waals surface area contributed by atoms with Crippen molar-refractivity contribution in [2.75, 3.05) is 17.8 Å². The minimum Gasteiger partial charge on any atom is -0.489 e. The van der Waals surface area contributed by atoms with Gasteiger partial charge in [-0.05, 0) is 25.1 Å². The molecule has 6 rings (SSSR count). The zero-order chi connectivity index (χ0) is 31.5. The fraction of sp³-hybridized carbons (Fsp3) is 0.200. The molecule has 0 saturated heterocycles. The van der Waals surface area contributed by atoms with E-state index in [1.54, 1.807) is 18.5 Å². The molecule has 3 aromatic carbocycles. The van der Waals surface area contributed by atoms with Gasteiger partial charge in [0.2, 0.25) is 11.7 Å². The van der Waals surface area contributed by atoms with Crippen LogP contribution in [0.1, 0.15) is 27.4 Å². The quantitative estimate of drug-likeness (QED) is 0.103. The molecule has 0 radical (unpaired) electrons. The maximum absolute atomic E-state index is 14.9. The maximum Gasteiger partial charge on any atom is 0.417 e. The number of aromatic nitrogens is 4. The number of carbonyl (C=O) groups excluding carboxylic acids is 2. The Kier molecular flexibility index (Phi) is 7.15. The Morgan fingerprint density at radius 1 is 1.16 bits per heavy atom. The molecular weight excluding hydrogens is 609 g/mol. The van der Waals surface area contributed by atoms with Gasteiger partial charge in [0.25, 0.3) is 0 Å². The number of benzene rings is 3. The van der Waals surface area contributed by atoms with E-state index in [2.05, 4.69) is 15.4 Å². The van der Waals surface area contributed by atoms with Crippen LogP contribution in [0.25, 0.3) is 33.1 Å². The molecule has 226 valence electrons. The second-order valence-electron chi connectivity index (χ2n) is 10.0. The molecule has 8 nitrogen and oxygen atoms in total. The predicted octanol–water partition coefficient (Wildman–Crippen LogP) is 6.55. The first-order valence-electron chi connectivity index (χ1n) is 13.2. The van der Waals surface area contributed by atoms with Crippen molar-refractivity contribution in [3.63, 3.8) is 0 Å². The summed E-state index contributed by atoms with van der Waals surface area (Å²) >= 11 is 5.47. The Labute approximate surface area is 250 Å². The fourth-order valence-electron chi connectivity index (χ4n) is 5.32. The number of halogens is 6. The molecule has 0 saturated carbocycles. The van der Waals surface area contributed by atoms with Crippen LogP contribution >= 0.6 is 11.6 Å². The number of nitrogens with one attached hydrogen (secondary N) is 1. The lowest BCUT2D eigenvalue weighted by Crippen LogP contribution is -2.16. The molecule has 5 aromatic rings. The number of amides is 1. The lowest BCUT2D eigenvalue weighted by atomic mass is 9.94. The SMILES string of the molecule is Cc1nc2c3c(c(C(F)(F)F)cc2n1C)-c1cccc2c(C(=O)c4cc(F)c(NC(=O)/C=C/CCl)c(F)c4)nn(c12)CCO3. The van der Waals surface area contributed by atoms with Crippen LogP contribution in [-0.2, 0) is 24.6 Å². The maximum atomic E-state index is 14.9. The van der Waals surface area contributed by atoms with Crippen LogP contribution in [0.2, 0.25) is 0 Å². The molecule has 44 heavy (non-hydrogen) atoms. The van der Waals surface area contributed by atoms with E-state index in [-0.39, 0.29) is 63.5 Å². The number of rotatable bonds is 5. The summed E-state index contributed by atoms with van der Waals surface area (Å²) in [5.74, 6) is -3.68. The van der Waals surface area contributed by atoms with Gasteiger partial charge in [-0.1, -0.05) is 24.3 Å². The van der Waals surface area contributed by atoms with Crippen LogP contribution in [0.3, 0.4) is 0 Å². The van der Waals surface area contributed by atoms with Crippen LogP contribution in [0.5, 0.6) is 5.75 Å². The van der Waals surface area contributed by atoms with Gasteiger partial charge in [0, 0.05) is 41.1 Å². The second kappa shape index (κ2) is 10.7. The smallest absolute Gasteiger partial charge is 0.417 e. The normalized spacial score (nSPS) is 13.2. The number of carbonyl (C=O) groups is 2. The van der Waals surface area contributed by atoms with E-state index in [1.807, 2.05) is 0 Å². The number of para-hydroxylation sites is 1. The molecule has 0 atom stereocenters. The summed E-state index contributed by atoms with van der Waals surface area (Å²) in [7, 11) is 1.61. The van der Waals surface area contributed by atoms with Gasteiger partial charge in [-0.25, -0.2) is 13.8 Å². The minimum atomic E-state index is -4.78. The molecule has 2 aromatic heterocycles. The third kappa shape index (κ3) is 4.77. The number of ketones is 1. The molecule has 0 bridgehead atoms. The molecule has 1 aliphatic heterocycles. The Morgan fingerprint density at radius 3 is 2.57 bits per heavy atom. The van der Waals surface area contributed by atoms with Crippen molar-refractivity contribution in [3.05, 3.63) is 82.8 Å². The number of hydrogen-bond acceptors (Lipinski definition) is 5. The summed E-state index contributed by atoms with van der Waals surface area (Å²) < 4.78 is 82.3. The molecule has 14 heteroatoms. The monoisotopic (exact) mass is 629 g/mol. The average Bonchev–Trinajstić information content (AvgIpc) is 3.48. The second-order valence-corrected chi connectivity index (χ2v) is 10.3. The van der Waals surface area contributed by atoms with Gasteiger partial charge in [-0.2, -0.15) is 18.3 Å². The number of nitrogens with zero attached hydrogens (tertiary/aromatic N) is 4. The molecule has 0 spiro atoms. The number of aryl methyl sites for hydroxylation is 2. The number of anilines is 1. The number of ether oxygens (including phenoxy) is 1. The Bertz CT molecular complexity index is 2020. The van der Waals surface area contributed by atoms with Gasteiger partial charge in [-0.3, -0.25) is 14.3 Å². The van der Waals surface area contributed by atoms with Crippen molar-refractivity contribution >= 4 is 50.9 Å². The number of allylic oxidation sites excluding steroid dienone is 1. The third-order valence-electron chi connectivity index (χ3n) is 7.38. The first-order valence-corrected chi connectivity index (χ1v) is 13.7. The zero-order valence-corrected chi connectivity index (χ0v) is 23.8. The minimum absolute atomic E-state index is 0.0104. The predicted molar refractivity (Wildman–Crippen MR) is 153 cm³/mol. The van der Waals surface area contributed by atoms with Crippen molar-refractivity contribution < 1.29 is 36.3 Å².